The molecule has 0 saturated carbocycles. The fraction of sp³-hybridized carbons (Fsp3) is 0.438. The number of rotatable bonds is 7. The number of carbonyl (C=O) groups excluding carboxylic acids is 3. The Morgan fingerprint density at radius 1 is 1.09 bits per heavy atom. The standard InChI is InChI=1S/C16H22N2O4/c1-4-7-17-14(19)9-18-15(20)10-22-16(21)13-6-5-11(2)8-12(13)3/h5-6,8H,4,7,9-10H2,1-3H3,(H,17,19)(H,18,20). The highest BCUT2D eigenvalue weighted by Crippen LogP contribution is 2.11. The second kappa shape index (κ2) is 8.81. The van der Waals surface area contributed by atoms with Crippen LogP contribution in [-0.4, -0.2) is 37.5 Å². The Morgan fingerprint density at radius 2 is 1.82 bits per heavy atom. The third kappa shape index (κ3) is 5.95. The van der Waals surface area contributed by atoms with Crippen LogP contribution < -0.4 is 10.6 Å². The zero-order chi connectivity index (χ0) is 16.5. The van der Waals surface area contributed by atoms with E-state index in [1.54, 1.807) is 6.07 Å². The summed E-state index contributed by atoms with van der Waals surface area (Å²) < 4.78 is 4.94. The van der Waals surface area contributed by atoms with Crippen LogP contribution in [0.2, 0.25) is 0 Å². The molecule has 0 spiro atoms. The van der Waals surface area contributed by atoms with Crippen molar-refractivity contribution in [2.24, 2.45) is 0 Å². The van der Waals surface area contributed by atoms with Gasteiger partial charge in [-0.2, -0.15) is 0 Å². The first kappa shape index (κ1) is 17.7. The van der Waals surface area contributed by atoms with E-state index < -0.39 is 18.5 Å². The number of ether oxygens (including phenoxy) is 1. The van der Waals surface area contributed by atoms with E-state index in [-0.39, 0.29) is 12.5 Å². The summed E-state index contributed by atoms with van der Waals surface area (Å²) in [6.07, 6.45) is 0.827. The van der Waals surface area contributed by atoms with Gasteiger partial charge in [-0.1, -0.05) is 24.6 Å². The molecule has 1 rings (SSSR count). The van der Waals surface area contributed by atoms with Crippen LogP contribution in [-0.2, 0) is 14.3 Å². The maximum absolute atomic E-state index is 11.9. The topological polar surface area (TPSA) is 84.5 Å². The van der Waals surface area contributed by atoms with Crippen molar-refractivity contribution in [3.8, 4) is 0 Å². The third-order valence-electron chi connectivity index (χ3n) is 2.95. The van der Waals surface area contributed by atoms with Crippen molar-refractivity contribution in [2.45, 2.75) is 27.2 Å². The predicted molar refractivity (Wildman–Crippen MR) is 82.5 cm³/mol. The highest BCUT2D eigenvalue weighted by Gasteiger charge is 2.13. The quantitative estimate of drug-likeness (QED) is 0.739. The zero-order valence-corrected chi connectivity index (χ0v) is 13.2. The van der Waals surface area contributed by atoms with Crippen LogP contribution >= 0.6 is 0 Å². The van der Waals surface area contributed by atoms with Gasteiger partial charge in [0.15, 0.2) is 6.61 Å². The van der Waals surface area contributed by atoms with E-state index in [0.717, 1.165) is 17.5 Å². The zero-order valence-electron chi connectivity index (χ0n) is 13.2. The molecule has 120 valence electrons. The maximum atomic E-state index is 11.9. The summed E-state index contributed by atoms with van der Waals surface area (Å²) in [6.45, 7) is 5.70. The first-order chi connectivity index (χ1) is 10.4. The first-order valence-electron chi connectivity index (χ1n) is 7.21. The van der Waals surface area contributed by atoms with Crippen molar-refractivity contribution >= 4 is 17.8 Å². The average molecular weight is 306 g/mol. The second-order valence-electron chi connectivity index (χ2n) is 5.02. The summed E-state index contributed by atoms with van der Waals surface area (Å²) in [5, 5.41) is 5.02. The number of hydrogen-bond donors (Lipinski definition) is 2. The average Bonchev–Trinajstić information content (AvgIpc) is 2.48. The third-order valence-corrected chi connectivity index (χ3v) is 2.95. The number of esters is 1. The largest absolute Gasteiger partial charge is 0.452 e. The predicted octanol–water partition coefficient (Wildman–Crippen LogP) is 1.10. The number of benzene rings is 1. The van der Waals surface area contributed by atoms with E-state index in [9.17, 15) is 14.4 Å². The Kier molecular flexibility index (Phi) is 7.08. The van der Waals surface area contributed by atoms with Crippen LogP contribution in [0.4, 0.5) is 0 Å². The summed E-state index contributed by atoms with van der Waals surface area (Å²) in [6, 6.07) is 5.35. The smallest absolute Gasteiger partial charge is 0.338 e. The van der Waals surface area contributed by atoms with Gasteiger partial charge in [0.25, 0.3) is 5.91 Å². The molecule has 2 amide bonds. The Balaban J connectivity index is 2.37. The molecule has 0 radical (unpaired) electrons. The molecule has 0 aliphatic heterocycles. The van der Waals surface area contributed by atoms with Gasteiger partial charge in [0.2, 0.25) is 5.91 Å². The van der Waals surface area contributed by atoms with E-state index in [1.807, 2.05) is 32.9 Å². The molecule has 6 nitrogen and oxygen atoms in total. The molecule has 0 heterocycles. The van der Waals surface area contributed by atoms with Crippen molar-refractivity contribution in [1.82, 2.24) is 10.6 Å². The minimum atomic E-state index is -0.553. The molecule has 0 aliphatic carbocycles. The lowest BCUT2D eigenvalue weighted by Crippen LogP contribution is -2.38. The molecule has 1 aromatic rings. The van der Waals surface area contributed by atoms with Gasteiger partial charge in [-0.25, -0.2) is 4.79 Å². The molecule has 0 saturated heterocycles. The molecule has 22 heavy (non-hydrogen) atoms. The Morgan fingerprint density at radius 3 is 2.45 bits per heavy atom. The first-order valence-corrected chi connectivity index (χ1v) is 7.21. The number of aryl methyl sites for hydroxylation is 2. The summed E-state index contributed by atoms with van der Waals surface area (Å²) in [4.78, 5) is 34.7. The van der Waals surface area contributed by atoms with E-state index >= 15 is 0 Å². The molecule has 2 N–H and O–H groups in total. The van der Waals surface area contributed by atoms with Gasteiger partial charge in [-0.3, -0.25) is 9.59 Å². The van der Waals surface area contributed by atoms with Crippen LogP contribution in [0, 0.1) is 13.8 Å². The van der Waals surface area contributed by atoms with Crippen molar-refractivity contribution in [2.75, 3.05) is 19.7 Å². The normalized spacial score (nSPS) is 9.95. The highest BCUT2D eigenvalue weighted by molar-refractivity contribution is 5.93. The number of hydrogen-bond acceptors (Lipinski definition) is 4. The van der Waals surface area contributed by atoms with E-state index in [0.29, 0.717) is 12.1 Å². The van der Waals surface area contributed by atoms with Crippen molar-refractivity contribution in [3.63, 3.8) is 0 Å². The minimum Gasteiger partial charge on any atom is -0.452 e. The summed E-state index contributed by atoms with van der Waals surface area (Å²) in [7, 11) is 0. The molecule has 0 bridgehead atoms. The monoisotopic (exact) mass is 306 g/mol. The van der Waals surface area contributed by atoms with Crippen molar-refractivity contribution in [3.05, 3.63) is 34.9 Å². The molecule has 1 aromatic carbocycles. The molecule has 0 unspecified atom stereocenters. The number of carbonyl (C=O) groups is 3. The molecule has 0 atom stereocenters. The van der Waals surface area contributed by atoms with Crippen LogP contribution in [0.5, 0.6) is 0 Å². The van der Waals surface area contributed by atoms with Gasteiger partial charge in [0, 0.05) is 6.54 Å². The lowest BCUT2D eigenvalue weighted by molar-refractivity contribution is -0.127. The van der Waals surface area contributed by atoms with Crippen molar-refractivity contribution in [1.29, 1.82) is 0 Å². The highest BCUT2D eigenvalue weighted by atomic mass is 16.5. The second-order valence-corrected chi connectivity index (χ2v) is 5.02. The minimum absolute atomic E-state index is 0.125. The van der Waals surface area contributed by atoms with Crippen LogP contribution in [0.3, 0.4) is 0 Å². The van der Waals surface area contributed by atoms with Gasteiger partial charge in [-0.05, 0) is 31.9 Å². The Labute approximate surface area is 130 Å². The molecular weight excluding hydrogens is 284 g/mol. The summed E-state index contributed by atoms with van der Waals surface area (Å²) >= 11 is 0. The lowest BCUT2D eigenvalue weighted by atomic mass is 10.1. The molecule has 6 heteroatoms. The maximum Gasteiger partial charge on any atom is 0.338 e. The molecule has 0 aromatic heterocycles. The Hall–Kier alpha value is -2.37. The fourth-order valence-electron chi connectivity index (χ4n) is 1.81. The van der Waals surface area contributed by atoms with Gasteiger partial charge < -0.3 is 15.4 Å². The number of amides is 2. The van der Waals surface area contributed by atoms with Gasteiger partial charge in [0.1, 0.15) is 0 Å². The van der Waals surface area contributed by atoms with E-state index in [1.165, 1.54) is 0 Å². The van der Waals surface area contributed by atoms with Crippen LogP contribution in [0.25, 0.3) is 0 Å². The van der Waals surface area contributed by atoms with Crippen molar-refractivity contribution < 1.29 is 19.1 Å². The lowest BCUT2D eigenvalue weighted by Gasteiger charge is -2.08. The van der Waals surface area contributed by atoms with Gasteiger partial charge in [-0.15, -0.1) is 0 Å². The molecular formula is C16H22N2O4. The van der Waals surface area contributed by atoms with Gasteiger partial charge in [0.05, 0.1) is 12.1 Å². The van der Waals surface area contributed by atoms with Crippen LogP contribution in [0.1, 0.15) is 34.8 Å². The van der Waals surface area contributed by atoms with E-state index in [4.69, 9.17) is 4.74 Å². The molecule has 0 aliphatic rings. The number of nitrogens with one attached hydrogen (secondary N) is 2. The SMILES string of the molecule is CCCNC(=O)CNC(=O)COC(=O)c1ccc(C)cc1C. The summed E-state index contributed by atoms with van der Waals surface area (Å²) in [5.41, 5.74) is 2.27. The van der Waals surface area contributed by atoms with Gasteiger partial charge >= 0.3 is 5.97 Å². The fourth-order valence-corrected chi connectivity index (χ4v) is 1.81. The van der Waals surface area contributed by atoms with E-state index in [2.05, 4.69) is 10.6 Å². The molecule has 0 fully saturated rings. The van der Waals surface area contributed by atoms with Crippen LogP contribution in [0.15, 0.2) is 18.2 Å². The summed E-state index contributed by atoms with van der Waals surface area (Å²) in [5.74, 6) is -1.33. The Bertz CT molecular complexity index is 555.